The molecule has 0 amide bonds. The van der Waals surface area contributed by atoms with Crippen LogP contribution in [0.3, 0.4) is 0 Å². The van der Waals surface area contributed by atoms with Crippen LogP contribution in [0.1, 0.15) is 53.1 Å². The molecule has 7 heteroatoms. The predicted molar refractivity (Wildman–Crippen MR) is 87.3 cm³/mol. The molecule has 0 spiro atoms. The molecule has 0 N–H and O–H groups in total. The molecule has 2 saturated carbocycles. The van der Waals surface area contributed by atoms with Crippen molar-refractivity contribution in [2.24, 2.45) is 0 Å². The Morgan fingerprint density at radius 2 is 2.14 bits per heavy atom. The van der Waals surface area contributed by atoms with Crippen molar-refractivity contribution in [1.82, 2.24) is 14.8 Å². The maximum Gasteiger partial charge on any atom is 0.191 e. The van der Waals surface area contributed by atoms with Gasteiger partial charge in [0.05, 0.1) is 14.4 Å². The summed E-state index contributed by atoms with van der Waals surface area (Å²) in [6, 6.07) is 4.36. The number of thiophene rings is 1. The standard InChI is InChI=1S/C14H14BrN3OS2/c15-12-6-5-11(21-12)10(19)7-20-14-17-16-13(8-1-2-8)18(14)9-3-4-9/h5-6,8-9H,1-4,7H2. The van der Waals surface area contributed by atoms with Crippen molar-refractivity contribution in [2.45, 2.75) is 42.8 Å². The highest BCUT2D eigenvalue weighted by atomic mass is 79.9. The smallest absolute Gasteiger partial charge is 0.191 e. The average molecular weight is 384 g/mol. The van der Waals surface area contributed by atoms with Gasteiger partial charge in [0.2, 0.25) is 0 Å². The topological polar surface area (TPSA) is 47.8 Å². The molecule has 0 radical (unpaired) electrons. The fourth-order valence-corrected chi connectivity index (χ4v) is 4.66. The molecule has 2 aliphatic rings. The molecular formula is C14H14BrN3OS2. The van der Waals surface area contributed by atoms with Crippen LogP contribution < -0.4 is 0 Å². The number of carbonyl (C=O) groups excluding carboxylic acids is 1. The van der Waals surface area contributed by atoms with Gasteiger partial charge in [-0.3, -0.25) is 4.79 Å². The second kappa shape index (κ2) is 5.52. The number of aromatic nitrogens is 3. The summed E-state index contributed by atoms with van der Waals surface area (Å²) < 4.78 is 3.29. The summed E-state index contributed by atoms with van der Waals surface area (Å²) >= 11 is 6.40. The van der Waals surface area contributed by atoms with Crippen molar-refractivity contribution in [2.75, 3.05) is 5.75 Å². The van der Waals surface area contributed by atoms with Crippen molar-refractivity contribution in [3.8, 4) is 0 Å². The van der Waals surface area contributed by atoms with Crippen molar-refractivity contribution >= 4 is 44.8 Å². The number of carbonyl (C=O) groups is 1. The lowest BCUT2D eigenvalue weighted by Crippen LogP contribution is -2.04. The Morgan fingerprint density at radius 3 is 2.76 bits per heavy atom. The number of thioether (sulfide) groups is 1. The lowest BCUT2D eigenvalue weighted by atomic mass is 10.4. The summed E-state index contributed by atoms with van der Waals surface area (Å²) in [5.41, 5.74) is 0. The monoisotopic (exact) mass is 383 g/mol. The number of nitrogens with zero attached hydrogens (tertiary/aromatic N) is 3. The van der Waals surface area contributed by atoms with E-state index in [1.54, 1.807) is 0 Å². The van der Waals surface area contributed by atoms with Gasteiger partial charge in [-0.1, -0.05) is 11.8 Å². The van der Waals surface area contributed by atoms with Gasteiger partial charge in [0.15, 0.2) is 10.9 Å². The van der Waals surface area contributed by atoms with Gasteiger partial charge in [-0.15, -0.1) is 21.5 Å². The fourth-order valence-electron chi connectivity index (χ4n) is 2.35. The van der Waals surface area contributed by atoms with E-state index in [0.29, 0.717) is 17.7 Å². The van der Waals surface area contributed by atoms with Gasteiger partial charge in [-0.2, -0.15) is 0 Å². The minimum absolute atomic E-state index is 0.161. The van der Waals surface area contributed by atoms with E-state index in [9.17, 15) is 4.79 Å². The molecule has 0 unspecified atom stereocenters. The van der Waals surface area contributed by atoms with Crippen molar-refractivity contribution in [3.05, 3.63) is 26.6 Å². The zero-order chi connectivity index (χ0) is 14.4. The van der Waals surface area contributed by atoms with Gasteiger partial charge >= 0.3 is 0 Å². The van der Waals surface area contributed by atoms with Gasteiger partial charge < -0.3 is 4.57 Å². The fraction of sp³-hybridized carbons (Fsp3) is 0.500. The van der Waals surface area contributed by atoms with E-state index < -0.39 is 0 Å². The molecule has 4 nitrogen and oxygen atoms in total. The van der Waals surface area contributed by atoms with Crippen LogP contribution in [0.4, 0.5) is 0 Å². The summed E-state index contributed by atoms with van der Waals surface area (Å²) in [7, 11) is 0. The van der Waals surface area contributed by atoms with E-state index in [1.807, 2.05) is 12.1 Å². The molecule has 2 aliphatic carbocycles. The Hall–Kier alpha value is -0.660. The predicted octanol–water partition coefficient (Wildman–Crippen LogP) is 4.29. The average Bonchev–Trinajstić information content (AvgIpc) is 3.40. The zero-order valence-electron chi connectivity index (χ0n) is 11.3. The van der Waals surface area contributed by atoms with Gasteiger partial charge in [0, 0.05) is 12.0 Å². The van der Waals surface area contributed by atoms with Crippen LogP contribution >= 0.6 is 39.0 Å². The van der Waals surface area contributed by atoms with Crippen LogP contribution in [-0.4, -0.2) is 26.3 Å². The SMILES string of the molecule is O=C(CSc1nnc(C2CC2)n1C1CC1)c1ccc(Br)s1. The number of ketones is 1. The van der Waals surface area contributed by atoms with Crippen LogP contribution in [0.15, 0.2) is 21.1 Å². The highest BCUT2D eigenvalue weighted by Gasteiger charge is 2.36. The largest absolute Gasteiger partial charge is 0.303 e. The van der Waals surface area contributed by atoms with Gasteiger partial charge in [-0.25, -0.2) is 0 Å². The van der Waals surface area contributed by atoms with Gasteiger partial charge in [0.1, 0.15) is 5.82 Å². The molecule has 2 heterocycles. The first-order valence-electron chi connectivity index (χ1n) is 7.08. The first-order valence-corrected chi connectivity index (χ1v) is 9.68. The number of rotatable bonds is 6. The van der Waals surface area contributed by atoms with Crippen LogP contribution in [0.25, 0.3) is 0 Å². The molecule has 0 aromatic carbocycles. The van der Waals surface area contributed by atoms with Crippen LogP contribution in [-0.2, 0) is 0 Å². The number of halogens is 1. The quantitative estimate of drug-likeness (QED) is 0.551. The Balaban J connectivity index is 1.48. The first-order chi connectivity index (χ1) is 10.2. The molecule has 0 aliphatic heterocycles. The summed E-state index contributed by atoms with van der Waals surface area (Å²) in [6.45, 7) is 0. The minimum atomic E-state index is 0.161. The Bertz CT molecular complexity index is 688. The molecule has 0 bridgehead atoms. The Morgan fingerprint density at radius 1 is 1.33 bits per heavy atom. The third-order valence-corrected chi connectivity index (χ3v) is 6.33. The molecule has 110 valence electrons. The molecule has 21 heavy (non-hydrogen) atoms. The highest BCUT2D eigenvalue weighted by molar-refractivity contribution is 9.11. The van der Waals surface area contributed by atoms with E-state index in [-0.39, 0.29) is 5.78 Å². The molecule has 2 aromatic heterocycles. The van der Waals surface area contributed by atoms with E-state index in [4.69, 9.17) is 0 Å². The summed E-state index contributed by atoms with van der Waals surface area (Å²) in [6.07, 6.45) is 4.91. The van der Waals surface area contributed by atoms with Crippen molar-refractivity contribution < 1.29 is 4.79 Å². The second-order valence-corrected chi connectivity index (χ2v) is 8.94. The van der Waals surface area contributed by atoms with Crippen molar-refractivity contribution in [1.29, 1.82) is 0 Å². The lowest BCUT2D eigenvalue weighted by Gasteiger charge is -2.07. The van der Waals surface area contributed by atoms with E-state index in [0.717, 1.165) is 19.6 Å². The first kappa shape index (κ1) is 14.0. The lowest BCUT2D eigenvalue weighted by molar-refractivity contribution is 0.102. The zero-order valence-corrected chi connectivity index (χ0v) is 14.5. The van der Waals surface area contributed by atoms with Crippen LogP contribution in [0.2, 0.25) is 0 Å². The van der Waals surface area contributed by atoms with Crippen molar-refractivity contribution in [3.63, 3.8) is 0 Å². The second-order valence-electron chi connectivity index (χ2n) is 5.53. The van der Waals surface area contributed by atoms with E-state index in [2.05, 4.69) is 30.7 Å². The Labute approximate surface area is 139 Å². The van der Waals surface area contributed by atoms with Gasteiger partial charge in [-0.05, 0) is 53.7 Å². The Kier molecular flexibility index (Phi) is 3.67. The molecule has 0 atom stereocenters. The normalized spacial score (nSPS) is 18.1. The molecule has 2 fully saturated rings. The molecule has 0 saturated heterocycles. The van der Waals surface area contributed by atoms with Gasteiger partial charge in [0.25, 0.3) is 0 Å². The van der Waals surface area contributed by atoms with Crippen LogP contribution in [0, 0.1) is 0 Å². The number of hydrogen-bond donors (Lipinski definition) is 0. The molecule has 2 aromatic rings. The van der Waals surface area contributed by atoms with Crippen LogP contribution in [0.5, 0.6) is 0 Å². The summed E-state index contributed by atoms with van der Waals surface area (Å²) in [4.78, 5) is 13.0. The number of Topliss-reactive ketones (excluding diaryl/α,β-unsaturated/α-hetero) is 1. The molecular weight excluding hydrogens is 370 g/mol. The maximum atomic E-state index is 12.2. The van der Waals surface area contributed by atoms with E-state index >= 15 is 0 Å². The third-order valence-electron chi connectivity index (χ3n) is 3.73. The summed E-state index contributed by atoms with van der Waals surface area (Å²) in [5, 5.41) is 9.62. The van der Waals surface area contributed by atoms with E-state index in [1.165, 1.54) is 48.8 Å². The number of hydrogen-bond acceptors (Lipinski definition) is 5. The minimum Gasteiger partial charge on any atom is -0.303 e. The highest BCUT2D eigenvalue weighted by Crippen LogP contribution is 2.46. The maximum absolute atomic E-state index is 12.2. The molecule has 4 rings (SSSR count). The summed E-state index contributed by atoms with van der Waals surface area (Å²) in [5.74, 6) is 2.35. The third kappa shape index (κ3) is 2.96.